The van der Waals surface area contributed by atoms with E-state index >= 15 is 0 Å². The van der Waals surface area contributed by atoms with Gasteiger partial charge >= 0.3 is 0 Å². The Labute approximate surface area is 146 Å². The maximum Gasteiger partial charge on any atom is 0.0362 e. The Balaban J connectivity index is 1.94. The molecule has 0 nitrogen and oxygen atoms in total. The Hall–Kier alpha value is -1.38. The minimum absolute atomic E-state index is 0.333. The van der Waals surface area contributed by atoms with E-state index < -0.39 is 0 Å². The van der Waals surface area contributed by atoms with Gasteiger partial charge in [0.1, 0.15) is 0 Å². The lowest BCUT2D eigenvalue weighted by molar-refractivity contribution is 0.749. The molecule has 3 aromatic carbocycles. The SMILES string of the molecule is Brc1ccc2c(c1Br)C1c3ccccc3C2c2ccccc21. The molecule has 0 saturated carbocycles. The van der Waals surface area contributed by atoms with Crippen LogP contribution in [-0.2, 0) is 0 Å². The molecular formula is C20H12Br2. The van der Waals surface area contributed by atoms with Gasteiger partial charge in [0.2, 0.25) is 0 Å². The first kappa shape index (κ1) is 13.1. The third-order valence-electron chi connectivity index (χ3n) is 5.00. The van der Waals surface area contributed by atoms with Gasteiger partial charge in [0, 0.05) is 20.8 Å². The molecule has 0 aliphatic heterocycles. The molecule has 0 saturated heterocycles. The monoisotopic (exact) mass is 410 g/mol. The lowest BCUT2D eigenvalue weighted by atomic mass is 9.61. The molecule has 106 valence electrons. The van der Waals surface area contributed by atoms with E-state index in [4.69, 9.17) is 0 Å². The number of hydrogen-bond acceptors (Lipinski definition) is 0. The summed E-state index contributed by atoms with van der Waals surface area (Å²) in [4.78, 5) is 0. The van der Waals surface area contributed by atoms with Crippen LogP contribution in [0.5, 0.6) is 0 Å². The van der Waals surface area contributed by atoms with Crippen molar-refractivity contribution in [2.45, 2.75) is 11.8 Å². The highest BCUT2D eigenvalue weighted by Crippen LogP contribution is 2.57. The molecule has 6 rings (SSSR count). The summed E-state index contributed by atoms with van der Waals surface area (Å²) in [5, 5.41) is 0. The van der Waals surface area contributed by atoms with E-state index in [1.165, 1.54) is 37.9 Å². The summed E-state index contributed by atoms with van der Waals surface area (Å²) in [5.41, 5.74) is 8.71. The summed E-state index contributed by atoms with van der Waals surface area (Å²) in [6, 6.07) is 22.3. The fourth-order valence-electron chi connectivity index (χ4n) is 4.18. The third kappa shape index (κ3) is 1.52. The number of hydrogen-bond donors (Lipinski definition) is 0. The van der Waals surface area contributed by atoms with Gasteiger partial charge in [0.25, 0.3) is 0 Å². The second kappa shape index (κ2) is 4.56. The van der Waals surface area contributed by atoms with Gasteiger partial charge in [-0.2, -0.15) is 0 Å². The first-order chi connectivity index (χ1) is 10.8. The van der Waals surface area contributed by atoms with Crippen molar-refractivity contribution in [3.05, 3.63) is 103 Å². The van der Waals surface area contributed by atoms with Crippen molar-refractivity contribution in [2.24, 2.45) is 0 Å². The Morgan fingerprint density at radius 1 is 0.545 bits per heavy atom. The van der Waals surface area contributed by atoms with Gasteiger partial charge in [-0.25, -0.2) is 0 Å². The van der Waals surface area contributed by atoms with Crippen LogP contribution in [0.3, 0.4) is 0 Å². The van der Waals surface area contributed by atoms with E-state index in [1.807, 2.05) is 0 Å². The van der Waals surface area contributed by atoms with Crippen molar-refractivity contribution in [2.75, 3.05) is 0 Å². The summed E-state index contributed by atoms with van der Waals surface area (Å²) >= 11 is 7.50. The highest BCUT2D eigenvalue weighted by Gasteiger charge is 2.42. The molecule has 0 fully saturated rings. The normalized spacial score (nSPS) is 20.3. The van der Waals surface area contributed by atoms with Crippen molar-refractivity contribution in [3.63, 3.8) is 0 Å². The molecule has 3 aliphatic carbocycles. The molecule has 0 spiro atoms. The molecule has 0 unspecified atom stereocenters. The summed E-state index contributed by atoms with van der Waals surface area (Å²) in [7, 11) is 0. The van der Waals surface area contributed by atoms with Crippen molar-refractivity contribution in [1.82, 2.24) is 0 Å². The maximum absolute atomic E-state index is 3.82. The maximum atomic E-state index is 3.82. The van der Waals surface area contributed by atoms with Gasteiger partial charge in [-0.1, -0.05) is 54.6 Å². The third-order valence-corrected chi connectivity index (χ3v) is 7.05. The molecule has 0 N–H and O–H groups in total. The second-order valence-electron chi connectivity index (χ2n) is 5.99. The van der Waals surface area contributed by atoms with Gasteiger partial charge < -0.3 is 0 Å². The van der Waals surface area contributed by atoms with E-state index in [2.05, 4.69) is 92.5 Å². The summed E-state index contributed by atoms with van der Waals surface area (Å²) < 4.78 is 2.33. The number of rotatable bonds is 0. The van der Waals surface area contributed by atoms with Crippen LogP contribution in [0.2, 0.25) is 0 Å². The minimum atomic E-state index is 0.333. The molecule has 3 aliphatic rings. The topological polar surface area (TPSA) is 0 Å². The van der Waals surface area contributed by atoms with Gasteiger partial charge in [0.05, 0.1) is 0 Å². The van der Waals surface area contributed by atoms with E-state index in [1.54, 1.807) is 0 Å². The first-order valence-electron chi connectivity index (χ1n) is 7.43. The smallest absolute Gasteiger partial charge is 0.0362 e. The molecule has 2 heteroatoms. The van der Waals surface area contributed by atoms with Gasteiger partial charge in [-0.15, -0.1) is 0 Å². The first-order valence-corrected chi connectivity index (χ1v) is 9.01. The van der Waals surface area contributed by atoms with Crippen LogP contribution in [0, 0.1) is 0 Å². The number of halogens is 2. The minimum Gasteiger partial charge on any atom is -0.0619 e. The Morgan fingerprint density at radius 3 is 1.59 bits per heavy atom. The van der Waals surface area contributed by atoms with E-state index in [-0.39, 0.29) is 0 Å². The highest BCUT2D eigenvalue weighted by atomic mass is 79.9. The van der Waals surface area contributed by atoms with Crippen molar-refractivity contribution in [1.29, 1.82) is 0 Å². The molecule has 0 radical (unpaired) electrons. The van der Waals surface area contributed by atoms with Gasteiger partial charge in [0.15, 0.2) is 0 Å². The largest absolute Gasteiger partial charge is 0.0619 e. The lowest BCUT2D eigenvalue weighted by Gasteiger charge is -2.42. The van der Waals surface area contributed by atoms with Crippen LogP contribution in [0.1, 0.15) is 45.2 Å². The molecule has 2 bridgehead atoms. The van der Waals surface area contributed by atoms with Crippen LogP contribution < -0.4 is 0 Å². The molecule has 3 aromatic rings. The van der Waals surface area contributed by atoms with Crippen LogP contribution in [-0.4, -0.2) is 0 Å². The van der Waals surface area contributed by atoms with Crippen molar-refractivity contribution < 1.29 is 0 Å². The average molecular weight is 412 g/mol. The van der Waals surface area contributed by atoms with E-state index in [0.29, 0.717) is 11.8 Å². The van der Waals surface area contributed by atoms with Gasteiger partial charge in [-0.05, 0) is 71.3 Å². The van der Waals surface area contributed by atoms with Crippen molar-refractivity contribution in [3.8, 4) is 0 Å². The Bertz CT molecular complexity index is 879. The fourth-order valence-corrected chi connectivity index (χ4v) is 5.12. The zero-order valence-electron chi connectivity index (χ0n) is 11.7. The summed E-state index contributed by atoms with van der Waals surface area (Å²) in [6.45, 7) is 0. The molecule has 22 heavy (non-hydrogen) atoms. The standard InChI is InChI=1S/C20H12Br2/c21-16-10-9-15-17-11-5-1-3-7-13(11)18(19(15)20(16)22)14-8-4-2-6-12(14)17/h1-10,17-18H. The highest BCUT2D eigenvalue weighted by molar-refractivity contribution is 9.13. The van der Waals surface area contributed by atoms with Crippen LogP contribution in [0.25, 0.3) is 0 Å². The van der Waals surface area contributed by atoms with Crippen molar-refractivity contribution >= 4 is 31.9 Å². The lowest BCUT2D eigenvalue weighted by Crippen LogP contribution is -2.27. The zero-order valence-corrected chi connectivity index (χ0v) is 14.9. The second-order valence-corrected chi connectivity index (χ2v) is 7.64. The predicted molar refractivity (Wildman–Crippen MR) is 96.6 cm³/mol. The summed E-state index contributed by atoms with van der Waals surface area (Å²) in [6.07, 6.45) is 0. The average Bonchev–Trinajstić information content (AvgIpc) is 2.58. The Morgan fingerprint density at radius 2 is 1.05 bits per heavy atom. The summed E-state index contributed by atoms with van der Waals surface area (Å²) in [5.74, 6) is 0.691. The van der Waals surface area contributed by atoms with Crippen LogP contribution >= 0.6 is 31.9 Å². The van der Waals surface area contributed by atoms with E-state index in [9.17, 15) is 0 Å². The molecule has 0 aromatic heterocycles. The van der Waals surface area contributed by atoms with Gasteiger partial charge in [-0.3, -0.25) is 0 Å². The molecule has 0 amide bonds. The molecule has 0 heterocycles. The van der Waals surface area contributed by atoms with Crippen LogP contribution in [0.4, 0.5) is 0 Å². The quantitative estimate of drug-likeness (QED) is 0.284. The molecular weight excluding hydrogens is 400 g/mol. The molecule has 0 atom stereocenters. The van der Waals surface area contributed by atoms with Crippen LogP contribution in [0.15, 0.2) is 69.6 Å². The predicted octanol–water partition coefficient (Wildman–Crippen LogP) is 6.20. The zero-order chi connectivity index (χ0) is 14.8. The van der Waals surface area contributed by atoms with E-state index in [0.717, 1.165) is 4.47 Å². The number of benzene rings is 3. The fraction of sp³-hybridized carbons (Fsp3) is 0.100. The Kier molecular flexibility index (Phi) is 2.71.